The van der Waals surface area contributed by atoms with Gasteiger partial charge in [-0.25, -0.2) is 0 Å². The lowest BCUT2D eigenvalue weighted by molar-refractivity contribution is -0.928. The molecule has 248 valence electrons. The summed E-state index contributed by atoms with van der Waals surface area (Å²) >= 11 is 0. The molecule has 0 saturated carbocycles. The zero-order chi connectivity index (χ0) is 31.5. The average molecular weight is 667 g/mol. The van der Waals surface area contributed by atoms with Crippen LogP contribution in [0, 0.1) is 0 Å². The number of hydrogen-bond donors (Lipinski definition) is 0. The second-order valence-electron chi connectivity index (χ2n) is 9.83. The van der Waals surface area contributed by atoms with Crippen LogP contribution in [-0.2, 0) is 53.1 Å². The van der Waals surface area contributed by atoms with Crippen LogP contribution in [0.2, 0.25) is 24.2 Å². The summed E-state index contributed by atoms with van der Waals surface area (Å²) in [6.07, 6.45) is 3.47. The molecule has 0 heterocycles. The van der Waals surface area contributed by atoms with Gasteiger partial charge in [-0.1, -0.05) is 0 Å². The van der Waals surface area contributed by atoms with Crippen molar-refractivity contribution in [2.24, 2.45) is 0 Å². The Kier molecular flexibility index (Phi) is 21.3. The molecular formula is C24H60NO12Si4+. The highest BCUT2D eigenvalue weighted by molar-refractivity contribution is 6.61. The average Bonchev–Trinajstić information content (AvgIpc) is 3.03. The molecule has 0 saturated heterocycles. The number of rotatable bonds is 28. The minimum atomic E-state index is -2.72. The Bertz CT molecular complexity index is 512. The first kappa shape index (κ1) is 41.3. The molecule has 0 aliphatic carbocycles. The van der Waals surface area contributed by atoms with Crippen LogP contribution < -0.4 is 0 Å². The normalized spacial score (nSPS) is 13.8. The van der Waals surface area contributed by atoms with Crippen LogP contribution in [0.15, 0.2) is 0 Å². The van der Waals surface area contributed by atoms with E-state index in [1.54, 1.807) is 85.3 Å². The third kappa shape index (κ3) is 12.7. The first-order chi connectivity index (χ1) is 19.6. The van der Waals surface area contributed by atoms with Crippen molar-refractivity contribution in [2.75, 3.05) is 111 Å². The summed E-state index contributed by atoms with van der Waals surface area (Å²) in [7, 11) is 8.95. The molecule has 41 heavy (non-hydrogen) atoms. The van der Waals surface area contributed by atoms with Crippen molar-refractivity contribution >= 4 is 35.2 Å². The summed E-state index contributed by atoms with van der Waals surface area (Å²) in [5, 5.41) is 0. The summed E-state index contributed by atoms with van der Waals surface area (Å²) in [6.45, 7) is 3.59. The second kappa shape index (κ2) is 21.1. The van der Waals surface area contributed by atoms with Gasteiger partial charge in [0.1, 0.15) is 0 Å². The van der Waals surface area contributed by atoms with Gasteiger partial charge in [-0.05, 0) is 0 Å². The number of nitrogens with zero attached hydrogens (tertiary/aromatic N) is 1. The summed E-state index contributed by atoms with van der Waals surface area (Å²) < 4.78 is 69.4. The molecule has 0 fully saturated rings. The SMILES string of the molecule is CO[Si](CCC[N+](CCC[Si](OC)(OC)OC)(CCC[Si](OC)(OC)OC)CCC[Si](OC)(OC)OC)(OC)OC. The van der Waals surface area contributed by atoms with E-state index in [0.717, 1.165) is 56.3 Å². The predicted octanol–water partition coefficient (Wildman–Crippen LogP) is 2.88. The van der Waals surface area contributed by atoms with E-state index in [1.807, 2.05) is 0 Å². The first-order valence-corrected chi connectivity index (χ1v) is 21.8. The van der Waals surface area contributed by atoms with Gasteiger partial charge >= 0.3 is 35.2 Å². The molecule has 0 bridgehead atoms. The van der Waals surface area contributed by atoms with Gasteiger partial charge in [-0.15, -0.1) is 0 Å². The van der Waals surface area contributed by atoms with Crippen molar-refractivity contribution in [1.82, 2.24) is 0 Å². The molecule has 0 N–H and O–H groups in total. The van der Waals surface area contributed by atoms with Gasteiger partial charge in [0.2, 0.25) is 0 Å². The van der Waals surface area contributed by atoms with Crippen LogP contribution in [0.5, 0.6) is 0 Å². The van der Waals surface area contributed by atoms with E-state index in [9.17, 15) is 0 Å². The summed E-state index contributed by atoms with van der Waals surface area (Å²) in [5.41, 5.74) is 0. The van der Waals surface area contributed by atoms with Crippen LogP contribution in [0.25, 0.3) is 0 Å². The van der Waals surface area contributed by atoms with E-state index in [0.29, 0.717) is 24.2 Å². The maximum Gasteiger partial charge on any atom is 0.500 e. The Morgan fingerprint density at radius 3 is 0.561 bits per heavy atom. The molecule has 0 aliphatic rings. The maximum absolute atomic E-state index is 5.71. The minimum absolute atomic E-state index is 0.712. The fourth-order valence-electron chi connectivity index (χ4n) is 5.42. The first-order valence-electron chi connectivity index (χ1n) is 14.0. The van der Waals surface area contributed by atoms with Gasteiger partial charge in [0, 0.05) is 135 Å². The smallest absolute Gasteiger partial charge is 0.377 e. The summed E-state index contributed by atoms with van der Waals surface area (Å²) in [6, 6.07) is 2.85. The third-order valence-corrected chi connectivity index (χ3v) is 19.5. The van der Waals surface area contributed by atoms with Gasteiger partial charge in [0.15, 0.2) is 0 Å². The molecule has 0 atom stereocenters. The monoisotopic (exact) mass is 666 g/mol. The largest absolute Gasteiger partial charge is 0.500 e. The number of quaternary nitrogens is 1. The Hall–Kier alpha value is 0.348. The summed E-state index contributed by atoms with van der Waals surface area (Å²) in [4.78, 5) is 0. The molecule has 0 spiro atoms. The Morgan fingerprint density at radius 2 is 0.439 bits per heavy atom. The van der Waals surface area contributed by atoms with Crippen LogP contribution in [0.1, 0.15) is 25.7 Å². The van der Waals surface area contributed by atoms with Crippen molar-refractivity contribution < 1.29 is 57.6 Å². The highest BCUT2D eigenvalue weighted by Crippen LogP contribution is 2.26. The summed E-state index contributed by atoms with van der Waals surface area (Å²) in [5.74, 6) is 0. The van der Waals surface area contributed by atoms with Gasteiger partial charge in [-0.2, -0.15) is 0 Å². The second-order valence-corrected chi connectivity index (χ2v) is 22.2. The van der Waals surface area contributed by atoms with Gasteiger partial charge in [-0.3, -0.25) is 0 Å². The molecule has 0 aromatic heterocycles. The van der Waals surface area contributed by atoms with Crippen LogP contribution in [0.3, 0.4) is 0 Å². The molecule has 0 aromatic rings. The molecule has 0 amide bonds. The standard InChI is InChI=1S/C24H60NO12Si4/c1-26-38(27-2,28-3)21-13-17-25(18-14-22-39(29-4,30-5)31-6,19-15-23-40(32-7,33-8)34-9)20-16-24-41(35-10,36-11)37-12/h13-24H2,1-12H3/q+1. The van der Waals surface area contributed by atoms with Crippen LogP contribution >= 0.6 is 0 Å². The lowest BCUT2D eigenvalue weighted by Crippen LogP contribution is -2.54. The zero-order valence-electron chi connectivity index (χ0n) is 27.8. The molecular weight excluding hydrogens is 607 g/mol. The van der Waals surface area contributed by atoms with E-state index in [-0.39, 0.29) is 0 Å². The van der Waals surface area contributed by atoms with Gasteiger partial charge < -0.3 is 57.6 Å². The Labute approximate surface area is 253 Å². The Balaban J connectivity index is 6.15. The zero-order valence-corrected chi connectivity index (χ0v) is 31.8. The molecule has 0 aromatic carbocycles. The highest BCUT2D eigenvalue weighted by atomic mass is 28.4. The lowest BCUT2D eigenvalue weighted by Gasteiger charge is -2.41. The van der Waals surface area contributed by atoms with Crippen LogP contribution in [-0.4, -0.2) is 151 Å². The van der Waals surface area contributed by atoms with E-state index in [2.05, 4.69) is 0 Å². The maximum atomic E-state index is 5.71. The molecule has 0 unspecified atom stereocenters. The van der Waals surface area contributed by atoms with Crippen LogP contribution in [0.4, 0.5) is 0 Å². The van der Waals surface area contributed by atoms with Crippen molar-refractivity contribution in [2.45, 2.75) is 49.9 Å². The van der Waals surface area contributed by atoms with Crippen molar-refractivity contribution in [1.29, 1.82) is 0 Å². The van der Waals surface area contributed by atoms with Crippen molar-refractivity contribution in [3.05, 3.63) is 0 Å². The van der Waals surface area contributed by atoms with E-state index < -0.39 is 35.2 Å². The topological polar surface area (TPSA) is 111 Å². The quantitative estimate of drug-likeness (QED) is 0.0905. The van der Waals surface area contributed by atoms with Gasteiger partial charge in [0.25, 0.3) is 0 Å². The van der Waals surface area contributed by atoms with Gasteiger partial charge in [0.05, 0.1) is 26.2 Å². The van der Waals surface area contributed by atoms with E-state index >= 15 is 0 Å². The molecule has 0 radical (unpaired) electrons. The lowest BCUT2D eigenvalue weighted by atomic mass is 10.2. The molecule has 13 nitrogen and oxygen atoms in total. The Morgan fingerprint density at radius 1 is 0.293 bits per heavy atom. The van der Waals surface area contributed by atoms with E-state index in [1.165, 1.54) is 0 Å². The predicted molar refractivity (Wildman–Crippen MR) is 165 cm³/mol. The molecule has 0 rings (SSSR count). The molecule has 0 aliphatic heterocycles. The fraction of sp³-hybridized carbons (Fsp3) is 1.00. The highest BCUT2D eigenvalue weighted by Gasteiger charge is 2.43. The number of hydrogen-bond acceptors (Lipinski definition) is 12. The molecule has 17 heteroatoms. The van der Waals surface area contributed by atoms with Crippen molar-refractivity contribution in [3.63, 3.8) is 0 Å². The minimum Gasteiger partial charge on any atom is -0.377 e. The third-order valence-electron chi connectivity index (χ3n) is 8.19. The van der Waals surface area contributed by atoms with E-state index in [4.69, 9.17) is 53.1 Å². The fourth-order valence-corrected chi connectivity index (χ4v) is 12.2. The van der Waals surface area contributed by atoms with Crippen molar-refractivity contribution in [3.8, 4) is 0 Å².